The fourth-order valence-corrected chi connectivity index (χ4v) is 8.31. The number of β-lactam (4-membered cyclic amide) rings is 1. The number of nitrogens with two attached hydrogens (primary N) is 1. The van der Waals surface area contributed by atoms with Crippen LogP contribution in [0.4, 0.5) is 9.93 Å². The molecule has 5 rings (SSSR count). The molecule has 2 aromatic rings. The Morgan fingerprint density at radius 2 is 1.89 bits per heavy atom. The molecular formula is C26H26N9NaO8S3. The molecule has 0 radical (unpaired) electrons. The quantitative estimate of drug-likeness (QED) is 0.0426. The third-order valence-corrected chi connectivity index (χ3v) is 10.7. The van der Waals surface area contributed by atoms with Crippen LogP contribution in [0.15, 0.2) is 45.9 Å². The van der Waals surface area contributed by atoms with Crippen LogP contribution in [0.3, 0.4) is 0 Å². The van der Waals surface area contributed by atoms with Crippen LogP contribution < -0.4 is 56.3 Å². The molecule has 0 bridgehead atoms. The number of aliphatic carboxylic acids is 1. The van der Waals surface area contributed by atoms with Crippen molar-refractivity contribution >= 4 is 82.0 Å². The van der Waals surface area contributed by atoms with Crippen molar-refractivity contribution in [1.29, 1.82) is 0 Å². The molecule has 5 N–H and O–H groups in total. The predicted octanol–water partition coefficient (Wildman–Crippen LogP) is -5.16. The van der Waals surface area contributed by atoms with Crippen molar-refractivity contribution in [3.8, 4) is 0 Å². The summed E-state index contributed by atoms with van der Waals surface area (Å²) in [6, 6.07) is 5.37. The maximum absolute atomic E-state index is 13.8. The van der Waals surface area contributed by atoms with E-state index in [4.69, 9.17) is 5.73 Å². The molecule has 2 fully saturated rings. The molecule has 3 aliphatic heterocycles. The van der Waals surface area contributed by atoms with E-state index in [1.165, 1.54) is 28.8 Å². The summed E-state index contributed by atoms with van der Waals surface area (Å²) in [4.78, 5) is 92.6. The Hall–Kier alpha value is -3.69. The summed E-state index contributed by atoms with van der Waals surface area (Å²) in [7, 11) is 0. The number of carbonyl (C=O) groups excluding carboxylic acids is 7. The van der Waals surface area contributed by atoms with Gasteiger partial charge in [-0.05, 0) is 18.1 Å². The predicted molar refractivity (Wildman–Crippen MR) is 162 cm³/mol. The minimum absolute atomic E-state index is 0. The molecule has 3 atom stereocenters. The number of rotatable bonds is 11. The molecule has 4 heterocycles. The summed E-state index contributed by atoms with van der Waals surface area (Å²) in [5.74, 6) is -5.26. The molecule has 0 spiro atoms. The van der Waals surface area contributed by atoms with Gasteiger partial charge in [0.25, 0.3) is 5.91 Å². The molecule has 7 amide bonds. The molecule has 2 saturated heterocycles. The molecule has 242 valence electrons. The number of thioether (sulfide) groups is 2. The number of amides is 7. The number of imide groups is 1. The van der Waals surface area contributed by atoms with Crippen LogP contribution in [0.5, 0.6) is 0 Å². The van der Waals surface area contributed by atoms with Crippen LogP contribution in [-0.2, 0) is 28.8 Å². The van der Waals surface area contributed by atoms with Crippen molar-refractivity contribution in [2.75, 3.05) is 36.9 Å². The Kier molecular flexibility index (Phi) is 11.6. The Morgan fingerprint density at radius 1 is 1.17 bits per heavy atom. The number of likely N-dealkylation sites (N-methyl/N-ethyl adjacent to an activating group) is 1. The largest absolute Gasteiger partial charge is 1.00 e. The summed E-state index contributed by atoms with van der Waals surface area (Å²) < 4.78 is 0.487. The first-order valence-corrected chi connectivity index (χ1v) is 16.5. The number of aromatic nitrogens is 2. The first-order chi connectivity index (χ1) is 22.0. The van der Waals surface area contributed by atoms with Gasteiger partial charge in [0, 0.05) is 31.1 Å². The van der Waals surface area contributed by atoms with Gasteiger partial charge in [-0.3, -0.25) is 33.8 Å². The zero-order chi connectivity index (χ0) is 33.2. The third-order valence-electron chi connectivity index (χ3n) is 7.34. The van der Waals surface area contributed by atoms with E-state index in [0.29, 0.717) is 14.8 Å². The van der Waals surface area contributed by atoms with Gasteiger partial charge in [-0.15, -0.1) is 22.0 Å². The van der Waals surface area contributed by atoms with Gasteiger partial charge in [-0.2, -0.15) is 0 Å². The van der Waals surface area contributed by atoms with Crippen molar-refractivity contribution in [1.82, 2.24) is 40.8 Å². The second kappa shape index (κ2) is 15.0. The molecule has 0 saturated carbocycles. The number of anilines is 1. The van der Waals surface area contributed by atoms with Crippen LogP contribution in [0.2, 0.25) is 0 Å². The van der Waals surface area contributed by atoms with Gasteiger partial charge in [0.05, 0.1) is 11.7 Å². The molecule has 21 heteroatoms. The number of carboxylic acid groups (broad SMARTS) is 1. The van der Waals surface area contributed by atoms with E-state index < -0.39 is 58.4 Å². The molecule has 47 heavy (non-hydrogen) atoms. The van der Waals surface area contributed by atoms with Gasteiger partial charge in [0.1, 0.15) is 11.4 Å². The van der Waals surface area contributed by atoms with Crippen LogP contribution >= 0.6 is 34.9 Å². The van der Waals surface area contributed by atoms with Gasteiger partial charge in [0.15, 0.2) is 4.34 Å². The Balaban J connectivity index is 0.00000500. The number of nitrogen functional groups attached to an aromatic ring is 1. The smallest absolute Gasteiger partial charge is 0.543 e. The zero-order valence-corrected chi connectivity index (χ0v) is 29.4. The molecule has 1 aromatic carbocycles. The molecule has 3 aliphatic rings. The number of benzene rings is 1. The summed E-state index contributed by atoms with van der Waals surface area (Å²) in [5, 5.41) is 26.3. The third kappa shape index (κ3) is 6.97. The number of fused-ring (bicyclic) bond motifs is 1. The van der Waals surface area contributed by atoms with E-state index in [2.05, 4.69) is 26.1 Å². The fourth-order valence-electron chi connectivity index (χ4n) is 5.11. The topological polar surface area (TPSA) is 240 Å². The van der Waals surface area contributed by atoms with E-state index in [0.717, 1.165) is 28.0 Å². The summed E-state index contributed by atoms with van der Waals surface area (Å²) in [6.07, 6.45) is 0.192. The normalized spacial score (nSPS) is 21.3. The average Bonchev–Trinajstić information content (AvgIpc) is 3.47. The van der Waals surface area contributed by atoms with Crippen molar-refractivity contribution < 1.29 is 68.2 Å². The second-order valence-corrected chi connectivity index (χ2v) is 13.3. The summed E-state index contributed by atoms with van der Waals surface area (Å²) >= 11 is 3.37. The van der Waals surface area contributed by atoms with E-state index in [1.807, 2.05) is 0 Å². The van der Waals surface area contributed by atoms with Crippen molar-refractivity contribution in [2.45, 2.75) is 28.3 Å². The number of nitrogens with zero attached hydrogens (tertiary/aromatic N) is 5. The van der Waals surface area contributed by atoms with Crippen LogP contribution in [-0.4, -0.2) is 109 Å². The number of hydrogen-bond acceptors (Lipinski definition) is 14. The maximum Gasteiger partial charge on any atom is 1.00 e. The monoisotopic (exact) mass is 711 g/mol. The fraction of sp³-hybridized carbons (Fsp3) is 0.346. The number of piperazine rings is 1. The minimum atomic E-state index is -2.09. The molecular weight excluding hydrogens is 686 g/mol. The Morgan fingerprint density at radius 3 is 2.51 bits per heavy atom. The average molecular weight is 712 g/mol. The standard InChI is InChI=1S/C26H27N9O8S3.Na/c1-2-33-8-9-34(19(39)18(33)38)24(43)29-15(13-6-4-3-5-7-13)17(37)30-26(28-12-36)21(42)35-16(20(40)41)14(10-44-22(26)35)11-45-25-32-31-23(27)46-25;/h3-7,12,15,22H,2,8-11H2,1H3,(H2,27,31)(H,28,36)(H,29,43)(H,30,37)(H,40,41);/q;+1/p-1/t15?,22-,26+;/m0./s1. The van der Waals surface area contributed by atoms with Crippen LogP contribution in [0.25, 0.3) is 0 Å². The minimum Gasteiger partial charge on any atom is -0.543 e. The van der Waals surface area contributed by atoms with Gasteiger partial charge >= 0.3 is 47.4 Å². The molecule has 0 aliphatic carbocycles. The van der Waals surface area contributed by atoms with Gasteiger partial charge < -0.3 is 36.5 Å². The number of hydrogen-bond donors (Lipinski definition) is 4. The van der Waals surface area contributed by atoms with Crippen LogP contribution in [0, 0.1) is 0 Å². The zero-order valence-electron chi connectivity index (χ0n) is 25.0. The number of urea groups is 1. The van der Waals surface area contributed by atoms with Crippen molar-refractivity contribution in [3.63, 3.8) is 0 Å². The first kappa shape index (κ1) is 36.2. The SMILES string of the molecule is CCN1CCN(C(=O)NC(C(=O)N[C@]2(NC=O)C(=O)N3C(C(=O)[O-])=C(CSc4nnc(N)s4)CS[C@H]32)c2ccccc2)C(=O)C1=O.[Na+]. The van der Waals surface area contributed by atoms with Gasteiger partial charge in [-0.1, -0.05) is 53.4 Å². The Bertz CT molecular complexity index is 1640. The van der Waals surface area contributed by atoms with Gasteiger partial charge in [-0.25, -0.2) is 4.79 Å². The maximum atomic E-state index is 13.8. The Labute approximate surface area is 301 Å². The number of carboxylic acids is 1. The molecule has 17 nitrogen and oxygen atoms in total. The number of carbonyl (C=O) groups is 7. The van der Waals surface area contributed by atoms with E-state index in [1.54, 1.807) is 25.1 Å². The van der Waals surface area contributed by atoms with E-state index in [-0.39, 0.29) is 77.8 Å². The molecule has 1 unspecified atom stereocenters. The first-order valence-electron chi connectivity index (χ1n) is 13.6. The van der Waals surface area contributed by atoms with Gasteiger partial charge in [0.2, 0.25) is 23.1 Å². The summed E-state index contributed by atoms with van der Waals surface area (Å²) in [6.45, 7) is 1.96. The van der Waals surface area contributed by atoms with E-state index in [9.17, 15) is 38.7 Å². The van der Waals surface area contributed by atoms with Crippen molar-refractivity contribution in [3.05, 3.63) is 47.2 Å². The summed E-state index contributed by atoms with van der Waals surface area (Å²) in [5.41, 5.74) is 3.71. The van der Waals surface area contributed by atoms with E-state index >= 15 is 0 Å². The second-order valence-electron chi connectivity index (χ2n) is 9.97. The molecule has 1 aromatic heterocycles. The van der Waals surface area contributed by atoms with Crippen molar-refractivity contribution in [2.24, 2.45) is 0 Å². The number of nitrogens with one attached hydrogen (secondary N) is 3. The van der Waals surface area contributed by atoms with Crippen LogP contribution in [0.1, 0.15) is 18.5 Å².